The van der Waals surface area contributed by atoms with Gasteiger partial charge in [-0.15, -0.1) is 0 Å². The van der Waals surface area contributed by atoms with Crippen LogP contribution in [0.25, 0.3) is 10.8 Å². The number of fused-ring (bicyclic) bond motifs is 1. The van der Waals surface area contributed by atoms with Crippen molar-refractivity contribution in [2.75, 3.05) is 0 Å². The van der Waals surface area contributed by atoms with Gasteiger partial charge in [0, 0.05) is 27.7 Å². The molecule has 0 atom stereocenters. The minimum atomic E-state index is 0.217. The van der Waals surface area contributed by atoms with Crippen LogP contribution in [0, 0.1) is 27.7 Å². The molecule has 5 nitrogen and oxygen atoms in total. The second-order valence-corrected chi connectivity index (χ2v) is 5.41. The Balaban J connectivity index is 2.19. The second-order valence-electron chi connectivity index (χ2n) is 5.41. The predicted octanol–water partition coefficient (Wildman–Crippen LogP) is 3.25. The zero-order valence-electron chi connectivity index (χ0n) is 13.1. The summed E-state index contributed by atoms with van der Waals surface area (Å²) in [5.41, 5.74) is 4.53. The van der Waals surface area contributed by atoms with E-state index in [1.165, 1.54) is 0 Å². The largest absolute Gasteiger partial charge is 0.507 e. The molecule has 1 N–H and O–H groups in total. The van der Waals surface area contributed by atoms with E-state index in [1.807, 2.05) is 44.5 Å². The predicted molar refractivity (Wildman–Crippen MR) is 87.6 cm³/mol. The van der Waals surface area contributed by atoms with Crippen LogP contribution in [0.3, 0.4) is 0 Å². The highest BCUT2D eigenvalue weighted by molar-refractivity contribution is 5.92. The topological polar surface area (TPSA) is 63.3 Å². The molecule has 0 amide bonds. The van der Waals surface area contributed by atoms with Crippen molar-refractivity contribution >= 4 is 17.0 Å². The van der Waals surface area contributed by atoms with Gasteiger partial charge in [0.1, 0.15) is 5.75 Å². The van der Waals surface area contributed by atoms with Crippen LogP contribution in [0.2, 0.25) is 0 Å². The third kappa shape index (κ3) is 2.15. The molecule has 0 fully saturated rings. The van der Waals surface area contributed by atoms with E-state index in [4.69, 9.17) is 0 Å². The number of rotatable bonds is 2. The van der Waals surface area contributed by atoms with Gasteiger partial charge in [0.15, 0.2) is 0 Å². The molecule has 1 aromatic carbocycles. The van der Waals surface area contributed by atoms with E-state index in [0.29, 0.717) is 5.56 Å². The average Bonchev–Trinajstić information content (AvgIpc) is 2.75. The summed E-state index contributed by atoms with van der Waals surface area (Å²) in [6.07, 6.45) is 1.67. The van der Waals surface area contributed by atoms with Crippen LogP contribution in [0.15, 0.2) is 29.4 Å². The molecular weight excluding hydrogens is 276 g/mol. The third-order valence-corrected chi connectivity index (χ3v) is 3.93. The maximum atomic E-state index is 9.83. The summed E-state index contributed by atoms with van der Waals surface area (Å²) in [6.45, 7) is 7.95. The maximum absolute atomic E-state index is 9.83. The number of benzene rings is 1. The first kappa shape index (κ1) is 14.3. The van der Waals surface area contributed by atoms with Crippen molar-refractivity contribution < 1.29 is 5.11 Å². The van der Waals surface area contributed by atoms with Crippen LogP contribution in [-0.4, -0.2) is 26.2 Å². The van der Waals surface area contributed by atoms with Crippen molar-refractivity contribution in [3.63, 3.8) is 0 Å². The Kier molecular flexibility index (Phi) is 3.41. The van der Waals surface area contributed by atoms with E-state index >= 15 is 0 Å². The van der Waals surface area contributed by atoms with Crippen LogP contribution in [-0.2, 0) is 0 Å². The van der Waals surface area contributed by atoms with Crippen molar-refractivity contribution in [3.8, 4) is 5.75 Å². The quantitative estimate of drug-likeness (QED) is 0.738. The SMILES string of the molecule is Cc1nnc(C)c2c(C)n(/N=C\c3ccccc3O)c(C)c12. The fraction of sp³-hybridized carbons (Fsp3) is 0.235. The van der Waals surface area contributed by atoms with Crippen LogP contribution in [0.1, 0.15) is 28.3 Å². The normalized spacial score (nSPS) is 11.6. The highest BCUT2D eigenvalue weighted by atomic mass is 16.3. The highest BCUT2D eigenvalue weighted by Crippen LogP contribution is 2.28. The van der Waals surface area contributed by atoms with Crippen LogP contribution < -0.4 is 0 Å². The van der Waals surface area contributed by atoms with Gasteiger partial charge >= 0.3 is 0 Å². The summed E-state index contributed by atoms with van der Waals surface area (Å²) in [4.78, 5) is 0. The van der Waals surface area contributed by atoms with Gasteiger partial charge in [-0.05, 0) is 39.8 Å². The van der Waals surface area contributed by atoms with E-state index in [1.54, 1.807) is 18.3 Å². The van der Waals surface area contributed by atoms with Gasteiger partial charge in [0.25, 0.3) is 0 Å². The molecule has 0 saturated heterocycles. The van der Waals surface area contributed by atoms with Crippen molar-refractivity contribution in [1.82, 2.24) is 14.9 Å². The smallest absolute Gasteiger partial charge is 0.124 e. The van der Waals surface area contributed by atoms with Gasteiger partial charge in [-0.1, -0.05) is 12.1 Å². The average molecular weight is 294 g/mol. The number of aromatic nitrogens is 3. The molecule has 0 aliphatic heterocycles. The first-order valence-corrected chi connectivity index (χ1v) is 7.14. The van der Waals surface area contributed by atoms with Crippen molar-refractivity contribution in [1.29, 1.82) is 0 Å². The van der Waals surface area contributed by atoms with Crippen molar-refractivity contribution in [3.05, 3.63) is 52.6 Å². The van der Waals surface area contributed by atoms with E-state index in [9.17, 15) is 5.11 Å². The van der Waals surface area contributed by atoms with Gasteiger partial charge in [-0.25, -0.2) is 4.68 Å². The molecule has 0 bridgehead atoms. The minimum Gasteiger partial charge on any atom is -0.507 e. The number of phenols is 1. The molecule has 0 spiro atoms. The summed E-state index contributed by atoms with van der Waals surface area (Å²) in [6, 6.07) is 7.13. The minimum absolute atomic E-state index is 0.217. The lowest BCUT2D eigenvalue weighted by Gasteiger charge is -2.02. The van der Waals surface area contributed by atoms with Crippen LogP contribution in [0.5, 0.6) is 5.75 Å². The maximum Gasteiger partial charge on any atom is 0.124 e. The molecule has 0 aliphatic rings. The van der Waals surface area contributed by atoms with Crippen LogP contribution in [0.4, 0.5) is 0 Å². The van der Waals surface area contributed by atoms with Gasteiger partial charge < -0.3 is 5.11 Å². The van der Waals surface area contributed by atoms with Gasteiger partial charge in [0.2, 0.25) is 0 Å². The monoisotopic (exact) mass is 294 g/mol. The van der Waals surface area contributed by atoms with E-state index in [2.05, 4.69) is 15.3 Å². The number of hydrogen-bond acceptors (Lipinski definition) is 4. The molecular formula is C17H18N4O. The molecule has 0 radical (unpaired) electrons. The lowest BCUT2D eigenvalue weighted by atomic mass is 10.1. The molecule has 3 aromatic rings. The van der Waals surface area contributed by atoms with Crippen molar-refractivity contribution in [2.24, 2.45) is 5.10 Å². The van der Waals surface area contributed by atoms with E-state index < -0.39 is 0 Å². The summed E-state index contributed by atoms with van der Waals surface area (Å²) < 4.78 is 1.88. The van der Waals surface area contributed by atoms with Crippen LogP contribution >= 0.6 is 0 Å². The molecule has 5 heteroatoms. The Morgan fingerprint density at radius 1 is 0.955 bits per heavy atom. The Morgan fingerprint density at radius 2 is 1.50 bits per heavy atom. The Bertz CT molecular complexity index is 848. The fourth-order valence-electron chi connectivity index (χ4n) is 2.85. The molecule has 22 heavy (non-hydrogen) atoms. The number of aromatic hydroxyl groups is 1. The standard InChI is InChI=1S/C17H18N4O/c1-10-16-12(3)21(13(4)17(16)11(2)20-19-10)18-9-14-7-5-6-8-15(14)22/h5-9,22H,1-4H3/b18-9-. The van der Waals surface area contributed by atoms with Gasteiger partial charge in [-0.2, -0.15) is 15.3 Å². The number of phenolic OH excluding ortho intramolecular Hbond substituents is 1. The molecule has 0 saturated carbocycles. The molecule has 0 aliphatic carbocycles. The zero-order chi connectivity index (χ0) is 15.9. The van der Waals surface area contributed by atoms with E-state index in [-0.39, 0.29) is 5.75 Å². The van der Waals surface area contributed by atoms with Gasteiger partial charge in [0.05, 0.1) is 17.6 Å². The van der Waals surface area contributed by atoms with Crippen molar-refractivity contribution in [2.45, 2.75) is 27.7 Å². The first-order valence-electron chi connectivity index (χ1n) is 7.14. The third-order valence-electron chi connectivity index (χ3n) is 3.93. The Labute approximate surface area is 128 Å². The second kappa shape index (κ2) is 5.26. The lowest BCUT2D eigenvalue weighted by Crippen LogP contribution is -1.96. The van der Waals surface area contributed by atoms with E-state index in [0.717, 1.165) is 33.5 Å². The Hall–Kier alpha value is -2.69. The first-order chi connectivity index (χ1) is 10.5. The number of nitrogens with zero attached hydrogens (tertiary/aromatic N) is 4. The molecule has 112 valence electrons. The zero-order valence-corrected chi connectivity index (χ0v) is 13.1. The fourth-order valence-corrected chi connectivity index (χ4v) is 2.85. The lowest BCUT2D eigenvalue weighted by molar-refractivity contribution is 0.474. The number of aryl methyl sites for hydroxylation is 4. The molecule has 2 heterocycles. The summed E-state index contributed by atoms with van der Waals surface area (Å²) >= 11 is 0. The number of para-hydroxylation sites is 1. The molecule has 2 aromatic heterocycles. The highest BCUT2D eigenvalue weighted by Gasteiger charge is 2.16. The molecule has 0 unspecified atom stereocenters. The van der Waals surface area contributed by atoms with Gasteiger partial charge in [-0.3, -0.25) is 0 Å². The summed E-state index contributed by atoms with van der Waals surface area (Å²) in [5.74, 6) is 0.217. The molecule has 3 rings (SSSR count). The summed E-state index contributed by atoms with van der Waals surface area (Å²) in [5, 5.41) is 25.0. The summed E-state index contributed by atoms with van der Waals surface area (Å²) in [7, 11) is 0. The Morgan fingerprint density at radius 3 is 2.05 bits per heavy atom. The number of hydrogen-bond donors (Lipinski definition) is 1.